The third-order valence-corrected chi connectivity index (χ3v) is 4.84. The smallest absolute Gasteiger partial charge is 0.285 e. The molecule has 0 spiro atoms. The first-order valence-corrected chi connectivity index (χ1v) is 8.79. The van der Waals surface area contributed by atoms with Crippen LogP contribution in [0, 0.1) is 0 Å². The summed E-state index contributed by atoms with van der Waals surface area (Å²) in [7, 11) is 0. The van der Waals surface area contributed by atoms with Crippen molar-refractivity contribution in [3.05, 3.63) is 62.6 Å². The number of hydrogen-bond acceptors (Lipinski definition) is 7. The molecule has 5 N–H and O–H groups in total. The highest BCUT2D eigenvalue weighted by atomic mass is 35.5. The van der Waals surface area contributed by atoms with Crippen molar-refractivity contribution < 1.29 is 0 Å². The molecule has 0 saturated heterocycles. The van der Waals surface area contributed by atoms with Crippen LogP contribution in [-0.4, -0.2) is 33.3 Å². The molecule has 0 amide bonds. The highest BCUT2D eigenvalue weighted by Crippen LogP contribution is 2.26. The van der Waals surface area contributed by atoms with Gasteiger partial charge in [0.15, 0.2) is 0 Å². The predicted octanol–water partition coefficient (Wildman–Crippen LogP) is 1.14. The normalized spacial score (nSPS) is 14.7. The fourth-order valence-electron chi connectivity index (χ4n) is 3.12. The molecule has 1 aliphatic heterocycles. The van der Waals surface area contributed by atoms with Gasteiger partial charge >= 0.3 is 0 Å². The minimum atomic E-state index is -0.415. The fraction of sp³-hybridized carbons (Fsp3) is 0.353. The van der Waals surface area contributed by atoms with Crippen LogP contribution in [0.5, 0.6) is 0 Å². The third kappa shape index (κ3) is 3.66. The lowest BCUT2D eigenvalue weighted by Gasteiger charge is -2.34. The van der Waals surface area contributed by atoms with Crippen LogP contribution in [0.3, 0.4) is 0 Å². The van der Waals surface area contributed by atoms with Crippen LogP contribution in [0.1, 0.15) is 24.6 Å². The molecular weight excluding hydrogens is 354 g/mol. The summed E-state index contributed by atoms with van der Waals surface area (Å²) < 4.78 is 0. The van der Waals surface area contributed by atoms with Crippen LogP contribution in [-0.2, 0) is 13.0 Å². The Morgan fingerprint density at radius 1 is 1.46 bits per heavy atom. The predicted molar refractivity (Wildman–Crippen MR) is 101 cm³/mol. The van der Waals surface area contributed by atoms with Gasteiger partial charge in [-0.2, -0.15) is 5.10 Å². The summed E-state index contributed by atoms with van der Waals surface area (Å²) in [5, 5.41) is 7.92. The van der Waals surface area contributed by atoms with Crippen LogP contribution < -0.4 is 22.0 Å². The molecule has 3 rings (SSSR count). The zero-order valence-corrected chi connectivity index (χ0v) is 15.3. The van der Waals surface area contributed by atoms with Crippen molar-refractivity contribution in [3.63, 3.8) is 0 Å². The number of pyridine rings is 1. The molecular formula is C17H22ClN7O. The second-order valence-electron chi connectivity index (χ2n) is 6.13. The molecule has 0 bridgehead atoms. The van der Waals surface area contributed by atoms with E-state index >= 15 is 0 Å². The molecule has 0 atom stereocenters. The van der Waals surface area contributed by atoms with Crippen molar-refractivity contribution >= 4 is 17.3 Å². The number of nitrogens with two attached hydrogens (primary N) is 2. The molecule has 2 aromatic heterocycles. The summed E-state index contributed by atoms with van der Waals surface area (Å²) in [5.41, 5.74) is 10.1. The van der Waals surface area contributed by atoms with Gasteiger partial charge in [0.1, 0.15) is 5.02 Å². The Bertz CT molecular complexity index is 879. The number of halogens is 1. The average molecular weight is 376 g/mol. The lowest BCUT2D eigenvalue weighted by atomic mass is 10.1. The van der Waals surface area contributed by atoms with Crippen LogP contribution in [0.25, 0.3) is 0 Å². The van der Waals surface area contributed by atoms with Crippen LogP contribution >= 0.6 is 11.6 Å². The number of aryl methyl sites for hydroxylation is 1. The molecule has 0 aromatic carbocycles. The summed E-state index contributed by atoms with van der Waals surface area (Å²) in [4.78, 5) is 18.0. The van der Waals surface area contributed by atoms with Gasteiger partial charge in [-0.1, -0.05) is 24.6 Å². The van der Waals surface area contributed by atoms with E-state index in [4.69, 9.17) is 23.2 Å². The lowest BCUT2D eigenvalue weighted by molar-refractivity contribution is 0.326. The van der Waals surface area contributed by atoms with Crippen LogP contribution in [0.4, 0.5) is 5.69 Å². The molecule has 8 nitrogen and oxygen atoms in total. The first-order chi connectivity index (χ1) is 12.5. The van der Waals surface area contributed by atoms with Gasteiger partial charge in [-0.15, -0.1) is 0 Å². The Kier molecular flexibility index (Phi) is 5.43. The quantitative estimate of drug-likeness (QED) is 0.529. The number of anilines is 1. The van der Waals surface area contributed by atoms with E-state index in [1.807, 2.05) is 17.0 Å². The van der Waals surface area contributed by atoms with Crippen molar-refractivity contribution in [1.82, 2.24) is 20.2 Å². The topological polar surface area (TPSA) is 117 Å². The monoisotopic (exact) mass is 375 g/mol. The Labute approximate surface area is 156 Å². The second kappa shape index (κ2) is 7.76. The summed E-state index contributed by atoms with van der Waals surface area (Å²) in [5.74, 6) is 6.29. The zero-order chi connectivity index (χ0) is 18.7. The molecule has 0 aliphatic carbocycles. The largest absolute Gasteiger partial charge is 0.399 e. The Morgan fingerprint density at radius 3 is 3.00 bits per heavy atom. The van der Waals surface area contributed by atoms with Crippen molar-refractivity contribution in [2.75, 3.05) is 18.0 Å². The van der Waals surface area contributed by atoms with E-state index in [2.05, 4.69) is 22.1 Å². The van der Waals surface area contributed by atoms with Crippen molar-refractivity contribution in [3.8, 4) is 0 Å². The van der Waals surface area contributed by atoms with Gasteiger partial charge in [0.05, 0.1) is 30.7 Å². The van der Waals surface area contributed by atoms with Gasteiger partial charge < -0.3 is 15.6 Å². The molecule has 0 fully saturated rings. The van der Waals surface area contributed by atoms with Crippen molar-refractivity contribution in [2.24, 2.45) is 11.6 Å². The first-order valence-electron chi connectivity index (χ1n) is 8.41. The second-order valence-corrected chi connectivity index (χ2v) is 6.51. The molecule has 3 heterocycles. The SMILES string of the molecule is CCc1ncccc1CN(N)C1=C(N)CN(c2cn[nH]c(=O)c2Cl)CC1. The molecule has 9 heteroatoms. The Morgan fingerprint density at radius 2 is 2.27 bits per heavy atom. The molecule has 1 aliphatic rings. The van der Waals surface area contributed by atoms with Gasteiger partial charge in [0.25, 0.3) is 5.56 Å². The number of nitrogens with zero attached hydrogens (tertiary/aromatic N) is 4. The molecule has 2 aromatic rings. The van der Waals surface area contributed by atoms with Crippen molar-refractivity contribution in [1.29, 1.82) is 0 Å². The molecule has 138 valence electrons. The first kappa shape index (κ1) is 18.2. The number of nitrogens with one attached hydrogen (secondary N) is 1. The van der Waals surface area contributed by atoms with E-state index in [1.54, 1.807) is 11.2 Å². The number of hydrogen-bond donors (Lipinski definition) is 3. The van der Waals surface area contributed by atoms with Crippen molar-refractivity contribution in [2.45, 2.75) is 26.3 Å². The number of H-pyrrole nitrogens is 1. The average Bonchev–Trinajstić information content (AvgIpc) is 2.64. The van der Waals surface area contributed by atoms with E-state index in [0.29, 0.717) is 37.4 Å². The summed E-state index contributed by atoms with van der Waals surface area (Å²) in [6.07, 6.45) is 4.81. The molecule has 0 unspecified atom stereocenters. The maximum atomic E-state index is 11.6. The highest BCUT2D eigenvalue weighted by Gasteiger charge is 2.23. The van der Waals surface area contributed by atoms with E-state index in [0.717, 1.165) is 23.4 Å². The Hall–Kier alpha value is -2.58. The number of aromatic nitrogens is 3. The number of hydrazine groups is 1. The van der Waals surface area contributed by atoms with Gasteiger partial charge in [-0.3, -0.25) is 9.78 Å². The third-order valence-electron chi connectivity index (χ3n) is 4.48. The maximum absolute atomic E-state index is 11.6. The van der Waals surface area contributed by atoms with Gasteiger partial charge in [-0.25, -0.2) is 10.9 Å². The van der Waals surface area contributed by atoms with E-state index in [1.165, 1.54) is 6.20 Å². The van der Waals surface area contributed by atoms with E-state index in [-0.39, 0.29) is 5.02 Å². The zero-order valence-electron chi connectivity index (χ0n) is 14.6. The van der Waals surface area contributed by atoms with Gasteiger partial charge in [0, 0.05) is 30.6 Å². The van der Waals surface area contributed by atoms with Crippen LogP contribution in [0.15, 0.2) is 40.7 Å². The van der Waals surface area contributed by atoms with E-state index < -0.39 is 5.56 Å². The van der Waals surface area contributed by atoms with Gasteiger partial charge in [-0.05, 0) is 18.1 Å². The maximum Gasteiger partial charge on any atom is 0.285 e. The number of rotatable bonds is 5. The minimum Gasteiger partial charge on any atom is -0.399 e. The molecule has 0 radical (unpaired) electrons. The summed E-state index contributed by atoms with van der Waals surface area (Å²) in [6, 6.07) is 3.93. The molecule has 0 saturated carbocycles. The molecule has 26 heavy (non-hydrogen) atoms. The lowest BCUT2D eigenvalue weighted by Crippen LogP contribution is -2.42. The number of aromatic amines is 1. The Balaban J connectivity index is 1.77. The highest BCUT2D eigenvalue weighted by molar-refractivity contribution is 6.33. The summed E-state index contributed by atoms with van der Waals surface area (Å²) in [6.45, 7) is 3.68. The van der Waals surface area contributed by atoms with Crippen LogP contribution in [0.2, 0.25) is 5.02 Å². The minimum absolute atomic E-state index is 0.115. The van der Waals surface area contributed by atoms with Gasteiger partial charge in [0.2, 0.25) is 0 Å². The standard InChI is InChI=1S/C17H22ClN7O/c1-2-13-11(4-3-6-21-13)9-25(20)14-5-7-24(10-12(14)19)15-8-22-23-17(26)16(15)18/h3-4,6,8H,2,5,7,9-10,19-20H2,1H3,(H,23,26). The summed E-state index contributed by atoms with van der Waals surface area (Å²) >= 11 is 6.09. The van der Waals surface area contributed by atoms with E-state index in [9.17, 15) is 4.79 Å². The fourth-order valence-corrected chi connectivity index (χ4v) is 3.33.